The normalized spacial score (nSPS) is 12.6. The van der Waals surface area contributed by atoms with E-state index in [-0.39, 0.29) is 11.9 Å². The zero-order valence-corrected chi connectivity index (χ0v) is 10.6. The fraction of sp³-hybridized carbons (Fsp3) is 0.167. The van der Waals surface area contributed by atoms with Gasteiger partial charge < -0.3 is 0 Å². The summed E-state index contributed by atoms with van der Waals surface area (Å²) in [7, 11) is 0. The summed E-state index contributed by atoms with van der Waals surface area (Å²) in [5, 5.41) is 4.38. The lowest BCUT2D eigenvalue weighted by Gasteiger charge is -2.17. The van der Waals surface area contributed by atoms with Crippen molar-refractivity contribution in [2.24, 2.45) is 5.84 Å². The van der Waals surface area contributed by atoms with Gasteiger partial charge in [-0.25, -0.2) is 4.39 Å². The van der Waals surface area contributed by atoms with Crippen LogP contribution in [-0.2, 0) is 6.42 Å². The van der Waals surface area contributed by atoms with Gasteiger partial charge in [0, 0.05) is 10.6 Å². The number of halogens is 2. The number of hydrazine groups is 1. The van der Waals surface area contributed by atoms with Crippen molar-refractivity contribution in [1.29, 1.82) is 0 Å². The molecule has 1 unspecified atom stereocenters. The van der Waals surface area contributed by atoms with Crippen LogP contribution in [0, 0.1) is 5.82 Å². The molecule has 90 valence electrons. The Bertz CT molecular complexity index is 467. The molecule has 0 saturated heterocycles. The molecule has 0 amide bonds. The smallest absolute Gasteiger partial charge is 0.129 e. The lowest BCUT2D eigenvalue weighted by atomic mass is 10.0. The highest BCUT2D eigenvalue weighted by atomic mass is 35.5. The van der Waals surface area contributed by atoms with Crippen molar-refractivity contribution < 1.29 is 4.39 Å². The van der Waals surface area contributed by atoms with Crippen LogP contribution in [0.3, 0.4) is 0 Å². The van der Waals surface area contributed by atoms with Crippen LogP contribution in [0.2, 0.25) is 5.02 Å². The molecule has 0 bridgehead atoms. The SMILES string of the molecule is NNC(Cc1ccsc1)c1c(F)cccc1Cl. The predicted molar refractivity (Wildman–Crippen MR) is 69.5 cm³/mol. The number of benzene rings is 1. The summed E-state index contributed by atoms with van der Waals surface area (Å²) in [4.78, 5) is 0. The highest BCUT2D eigenvalue weighted by molar-refractivity contribution is 7.07. The van der Waals surface area contributed by atoms with Crippen molar-refractivity contribution >= 4 is 22.9 Å². The first kappa shape index (κ1) is 12.5. The van der Waals surface area contributed by atoms with Gasteiger partial charge in [0.1, 0.15) is 5.82 Å². The van der Waals surface area contributed by atoms with Crippen molar-refractivity contribution in [3.05, 3.63) is 57.0 Å². The third-order valence-corrected chi connectivity index (χ3v) is 3.63. The topological polar surface area (TPSA) is 38.0 Å². The molecular weight excluding hydrogens is 259 g/mol. The first-order valence-electron chi connectivity index (χ1n) is 5.13. The van der Waals surface area contributed by atoms with E-state index in [0.717, 1.165) is 5.56 Å². The zero-order chi connectivity index (χ0) is 12.3. The number of hydrogen-bond acceptors (Lipinski definition) is 3. The highest BCUT2D eigenvalue weighted by Gasteiger charge is 2.18. The number of rotatable bonds is 4. The van der Waals surface area contributed by atoms with Gasteiger partial charge in [0.2, 0.25) is 0 Å². The van der Waals surface area contributed by atoms with Crippen LogP contribution in [-0.4, -0.2) is 0 Å². The van der Waals surface area contributed by atoms with Crippen LogP contribution in [0.15, 0.2) is 35.0 Å². The molecule has 2 rings (SSSR count). The summed E-state index contributed by atoms with van der Waals surface area (Å²) >= 11 is 7.61. The summed E-state index contributed by atoms with van der Waals surface area (Å²) in [6.45, 7) is 0. The van der Waals surface area contributed by atoms with Gasteiger partial charge in [-0.2, -0.15) is 11.3 Å². The van der Waals surface area contributed by atoms with E-state index in [9.17, 15) is 4.39 Å². The van der Waals surface area contributed by atoms with Crippen LogP contribution >= 0.6 is 22.9 Å². The molecule has 1 aromatic carbocycles. The fourth-order valence-corrected chi connectivity index (χ4v) is 2.71. The molecule has 1 atom stereocenters. The maximum atomic E-state index is 13.7. The minimum Gasteiger partial charge on any atom is -0.271 e. The Labute approximate surface area is 108 Å². The van der Waals surface area contributed by atoms with E-state index in [1.54, 1.807) is 23.5 Å². The second-order valence-electron chi connectivity index (χ2n) is 3.69. The van der Waals surface area contributed by atoms with Gasteiger partial charge in [-0.15, -0.1) is 0 Å². The summed E-state index contributed by atoms with van der Waals surface area (Å²) in [6, 6.07) is 6.30. The fourth-order valence-electron chi connectivity index (χ4n) is 1.73. The number of nitrogens with one attached hydrogen (secondary N) is 1. The molecule has 5 heteroatoms. The van der Waals surface area contributed by atoms with Crippen molar-refractivity contribution in [1.82, 2.24) is 5.43 Å². The van der Waals surface area contributed by atoms with Crippen LogP contribution in [0.5, 0.6) is 0 Å². The van der Waals surface area contributed by atoms with E-state index < -0.39 is 0 Å². The lowest BCUT2D eigenvalue weighted by Crippen LogP contribution is -2.30. The Morgan fingerprint density at radius 1 is 1.41 bits per heavy atom. The average Bonchev–Trinajstić information content (AvgIpc) is 2.80. The van der Waals surface area contributed by atoms with Gasteiger partial charge in [0.15, 0.2) is 0 Å². The number of thiophene rings is 1. The molecule has 2 aromatic rings. The van der Waals surface area contributed by atoms with Crippen molar-refractivity contribution in [3.8, 4) is 0 Å². The van der Waals surface area contributed by atoms with Crippen molar-refractivity contribution in [3.63, 3.8) is 0 Å². The van der Waals surface area contributed by atoms with Gasteiger partial charge in [-0.3, -0.25) is 11.3 Å². The van der Waals surface area contributed by atoms with Gasteiger partial charge in [0.25, 0.3) is 0 Å². The molecule has 2 nitrogen and oxygen atoms in total. The molecule has 0 fully saturated rings. The number of nitrogens with two attached hydrogens (primary N) is 1. The maximum Gasteiger partial charge on any atom is 0.129 e. The van der Waals surface area contributed by atoms with Crippen LogP contribution in [0.25, 0.3) is 0 Å². The summed E-state index contributed by atoms with van der Waals surface area (Å²) in [5.74, 6) is 5.15. The molecule has 0 aliphatic heterocycles. The predicted octanol–water partition coefficient (Wildman–Crippen LogP) is 3.29. The third kappa shape index (κ3) is 2.84. The maximum absolute atomic E-state index is 13.7. The number of hydrogen-bond donors (Lipinski definition) is 2. The monoisotopic (exact) mass is 270 g/mol. The Kier molecular flexibility index (Phi) is 4.12. The van der Waals surface area contributed by atoms with E-state index in [4.69, 9.17) is 17.4 Å². The highest BCUT2D eigenvalue weighted by Crippen LogP contribution is 2.28. The largest absolute Gasteiger partial charge is 0.271 e. The quantitative estimate of drug-likeness (QED) is 0.661. The van der Waals surface area contributed by atoms with E-state index >= 15 is 0 Å². The standard InChI is InChI=1S/C12H12ClFN2S/c13-9-2-1-3-10(14)12(9)11(16-15)6-8-4-5-17-7-8/h1-5,7,11,16H,6,15H2. The summed E-state index contributed by atoms with van der Waals surface area (Å²) in [5.41, 5.74) is 4.15. The van der Waals surface area contributed by atoms with Crippen LogP contribution in [0.1, 0.15) is 17.2 Å². The van der Waals surface area contributed by atoms with Crippen molar-refractivity contribution in [2.75, 3.05) is 0 Å². The summed E-state index contributed by atoms with van der Waals surface area (Å²) < 4.78 is 13.7. The van der Waals surface area contributed by atoms with E-state index in [1.165, 1.54) is 6.07 Å². The van der Waals surface area contributed by atoms with Gasteiger partial charge in [-0.05, 0) is 40.9 Å². The molecule has 1 aromatic heterocycles. The Hall–Kier alpha value is -0.940. The van der Waals surface area contributed by atoms with Crippen LogP contribution in [0.4, 0.5) is 4.39 Å². The van der Waals surface area contributed by atoms with Crippen molar-refractivity contribution in [2.45, 2.75) is 12.5 Å². The minimum absolute atomic E-state index is 0.321. The average molecular weight is 271 g/mol. The molecule has 0 spiro atoms. The molecule has 17 heavy (non-hydrogen) atoms. The zero-order valence-electron chi connectivity index (χ0n) is 8.99. The minimum atomic E-state index is -0.337. The summed E-state index contributed by atoms with van der Waals surface area (Å²) in [6.07, 6.45) is 0.612. The Balaban J connectivity index is 2.29. The van der Waals surface area contributed by atoms with Crippen LogP contribution < -0.4 is 11.3 Å². The molecule has 1 heterocycles. The molecule has 0 saturated carbocycles. The van der Waals surface area contributed by atoms with E-state index in [2.05, 4.69) is 5.43 Å². The molecule has 0 aliphatic rings. The molecule has 0 aliphatic carbocycles. The Morgan fingerprint density at radius 2 is 2.24 bits per heavy atom. The van der Waals surface area contributed by atoms with E-state index in [0.29, 0.717) is 17.0 Å². The molecule has 3 N–H and O–H groups in total. The second kappa shape index (κ2) is 5.60. The molecule has 0 radical (unpaired) electrons. The first-order chi connectivity index (χ1) is 8.22. The lowest BCUT2D eigenvalue weighted by molar-refractivity contribution is 0.511. The third-order valence-electron chi connectivity index (χ3n) is 2.57. The molecular formula is C12H12ClFN2S. The van der Waals surface area contributed by atoms with Gasteiger partial charge >= 0.3 is 0 Å². The van der Waals surface area contributed by atoms with Gasteiger partial charge in [0.05, 0.1) is 6.04 Å². The van der Waals surface area contributed by atoms with E-state index in [1.807, 2.05) is 16.8 Å². The first-order valence-corrected chi connectivity index (χ1v) is 6.45. The second-order valence-corrected chi connectivity index (χ2v) is 4.88. The van der Waals surface area contributed by atoms with Gasteiger partial charge in [-0.1, -0.05) is 17.7 Å². The Morgan fingerprint density at radius 3 is 2.82 bits per heavy atom.